The van der Waals surface area contributed by atoms with Crippen molar-refractivity contribution in [2.75, 3.05) is 14.1 Å². The average Bonchev–Trinajstić information content (AvgIpc) is 2.18. The molecule has 0 fully saturated rings. The Kier molecular flexibility index (Phi) is 3.44. The van der Waals surface area contributed by atoms with Crippen LogP contribution in [0.25, 0.3) is 0 Å². The van der Waals surface area contributed by atoms with E-state index < -0.39 is 17.8 Å². The van der Waals surface area contributed by atoms with Gasteiger partial charge in [0.05, 0.1) is 0 Å². The summed E-state index contributed by atoms with van der Waals surface area (Å²) >= 11 is 0. The van der Waals surface area contributed by atoms with E-state index in [1.165, 1.54) is 4.90 Å². The number of nitrogens with zero attached hydrogens (tertiary/aromatic N) is 1. The second kappa shape index (κ2) is 4.59. The number of carbonyl (C=O) groups excluding carboxylic acids is 1. The highest BCUT2D eigenvalue weighted by molar-refractivity contribution is 6.02. The van der Waals surface area contributed by atoms with Gasteiger partial charge in [-0.1, -0.05) is 30.3 Å². The van der Waals surface area contributed by atoms with Crippen LogP contribution < -0.4 is 0 Å². The summed E-state index contributed by atoms with van der Waals surface area (Å²) < 4.78 is 0. The Labute approximate surface area is 88.1 Å². The molecule has 1 aromatic rings. The van der Waals surface area contributed by atoms with Crippen LogP contribution in [0.4, 0.5) is 0 Å². The maximum absolute atomic E-state index is 11.6. The Morgan fingerprint density at radius 2 is 1.73 bits per heavy atom. The van der Waals surface area contributed by atoms with Gasteiger partial charge in [-0.2, -0.15) is 0 Å². The van der Waals surface area contributed by atoms with Crippen LogP contribution in [-0.4, -0.2) is 36.0 Å². The summed E-state index contributed by atoms with van der Waals surface area (Å²) in [4.78, 5) is 23.9. The van der Waals surface area contributed by atoms with Crippen LogP contribution in [0, 0.1) is 0 Å². The van der Waals surface area contributed by atoms with Crippen LogP contribution in [-0.2, 0) is 9.59 Å². The molecule has 0 aliphatic carbocycles. The van der Waals surface area contributed by atoms with Crippen molar-refractivity contribution in [2.24, 2.45) is 0 Å². The van der Waals surface area contributed by atoms with Crippen LogP contribution >= 0.6 is 0 Å². The van der Waals surface area contributed by atoms with Crippen molar-refractivity contribution in [3.8, 4) is 0 Å². The molecule has 4 nitrogen and oxygen atoms in total. The summed E-state index contributed by atoms with van der Waals surface area (Å²) in [5.41, 5.74) is 0.503. The first-order valence-electron chi connectivity index (χ1n) is 4.53. The minimum Gasteiger partial charge on any atom is -0.480 e. The van der Waals surface area contributed by atoms with Crippen molar-refractivity contribution in [2.45, 2.75) is 5.92 Å². The first-order chi connectivity index (χ1) is 7.04. The largest absolute Gasteiger partial charge is 0.480 e. The van der Waals surface area contributed by atoms with Crippen molar-refractivity contribution in [3.63, 3.8) is 0 Å². The molecule has 0 aliphatic rings. The van der Waals surface area contributed by atoms with Crippen LogP contribution in [0.15, 0.2) is 30.3 Å². The molecule has 1 aromatic carbocycles. The number of benzene rings is 1. The highest BCUT2D eigenvalue weighted by Crippen LogP contribution is 2.17. The SMILES string of the molecule is CN(C)C(=O)[C@@H](C(=O)O)c1ccccc1. The Hall–Kier alpha value is -1.84. The monoisotopic (exact) mass is 207 g/mol. The van der Waals surface area contributed by atoms with Crippen molar-refractivity contribution in [3.05, 3.63) is 35.9 Å². The molecule has 0 saturated carbocycles. The van der Waals surface area contributed by atoms with Crippen LogP contribution in [0.1, 0.15) is 11.5 Å². The van der Waals surface area contributed by atoms with E-state index in [-0.39, 0.29) is 0 Å². The second-order valence-electron chi connectivity index (χ2n) is 3.41. The molecule has 1 rings (SSSR count). The maximum atomic E-state index is 11.6. The Morgan fingerprint density at radius 1 is 1.20 bits per heavy atom. The van der Waals surface area contributed by atoms with Gasteiger partial charge in [0.15, 0.2) is 5.92 Å². The van der Waals surface area contributed by atoms with Gasteiger partial charge in [0.1, 0.15) is 0 Å². The summed E-state index contributed by atoms with van der Waals surface area (Å²) in [6.45, 7) is 0. The molecule has 1 atom stereocenters. The number of aliphatic carboxylic acids is 1. The lowest BCUT2D eigenvalue weighted by atomic mass is 9.98. The summed E-state index contributed by atoms with van der Waals surface area (Å²) in [6, 6.07) is 8.49. The molecule has 4 heteroatoms. The minimum atomic E-state index is -1.13. The third-order valence-corrected chi connectivity index (χ3v) is 2.07. The minimum absolute atomic E-state index is 0.422. The smallest absolute Gasteiger partial charge is 0.320 e. The third-order valence-electron chi connectivity index (χ3n) is 2.07. The number of likely N-dealkylation sites (N-methyl/N-ethyl adjacent to an activating group) is 1. The number of carboxylic acids is 1. The number of hydrogen-bond donors (Lipinski definition) is 1. The number of carboxylic acid groups (broad SMARTS) is 1. The molecule has 0 unspecified atom stereocenters. The van der Waals surface area contributed by atoms with Gasteiger partial charge >= 0.3 is 5.97 Å². The zero-order chi connectivity index (χ0) is 11.4. The Bertz CT molecular complexity index is 359. The molecule has 0 aliphatic heterocycles. The Balaban J connectivity index is 3.05. The summed E-state index contributed by atoms with van der Waals surface area (Å²) in [7, 11) is 3.09. The molecule has 0 aromatic heterocycles. The first kappa shape index (κ1) is 11.2. The third kappa shape index (κ3) is 2.56. The lowest BCUT2D eigenvalue weighted by molar-refractivity contribution is -0.145. The second-order valence-corrected chi connectivity index (χ2v) is 3.41. The Morgan fingerprint density at radius 3 is 2.13 bits per heavy atom. The predicted molar refractivity (Wildman–Crippen MR) is 55.5 cm³/mol. The molecule has 0 radical (unpaired) electrons. The molecule has 1 amide bonds. The predicted octanol–water partition coefficient (Wildman–Crippen LogP) is 0.943. The lowest BCUT2D eigenvalue weighted by Crippen LogP contribution is -2.32. The standard InChI is InChI=1S/C11H13NO3/c1-12(2)10(13)9(11(14)15)8-6-4-3-5-7-8/h3-7,9H,1-2H3,(H,14,15)/t9-/m0/s1. The van der Waals surface area contributed by atoms with Gasteiger partial charge in [-0.25, -0.2) is 0 Å². The number of amides is 1. The fourth-order valence-corrected chi connectivity index (χ4v) is 1.29. The molecular formula is C11H13NO3. The zero-order valence-corrected chi connectivity index (χ0v) is 8.68. The molecule has 15 heavy (non-hydrogen) atoms. The van der Waals surface area contributed by atoms with E-state index in [4.69, 9.17) is 5.11 Å². The van der Waals surface area contributed by atoms with Gasteiger partial charge < -0.3 is 10.0 Å². The normalized spacial score (nSPS) is 11.9. The van der Waals surface area contributed by atoms with Gasteiger partial charge in [-0.3, -0.25) is 9.59 Å². The summed E-state index contributed by atoms with van der Waals surface area (Å²) in [5, 5.41) is 9.00. The van der Waals surface area contributed by atoms with Crippen LogP contribution in [0.5, 0.6) is 0 Å². The van der Waals surface area contributed by atoms with Gasteiger partial charge in [-0.05, 0) is 5.56 Å². The number of carbonyl (C=O) groups is 2. The lowest BCUT2D eigenvalue weighted by Gasteiger charge is -2.17. The van der Waals surface area contributed by atoms with E-state index in [9.17, 15) is 9.59 Å². The number of hydrogen-bond acceptors (Lipinski definition) is 2. The fourth-order valence-electron chi connectivity index (χ4n) is 1.29. The van der Waals surface area contributed by atoms with Gasteiger partial charge in [0, 0.05) is 14.1 Å². The van der Waals surface area contributed by atoms with Crippen molar-refractivity contribution in [1.82, 2.24) is 4.90 Å². The van der Waals surface area contributed by atoms with Gasteiger partial charge in [-0.15, -0.1) is 0 Å². The van der Waals surface area contributed by atoms with E-state index >= 15 is 0 Å². The molecule has 0 bridgehead atoms. The van der Waals surface area contributed by atoms with Crippen LogP contribution in [0.2, 0.25) is 0 Å². The maximum Gasteiger partial charge on any atom is 0.320 e. The highest BCUT2D eigenvalue weighted by Gasteiger charge is 2.29. The van der Waals surface area contributed by atoms with E-state index in [0.717, 1.165) is 0 Å². The van der Waals surface area contributed by atoms with E-state index in [1.807, 2.05) is 0 Å². The average molecular weight is 207 g/mol. The molecular weight excluding hydrogens is 194 g/mol. The fraction of sp³-hybridized carbons (Fsp3) is 0.273. The highest BCUT2D eigenvalue weighted by atomic mass is 16.4. The van der Waals surface area contributed by atoms with Gasteiger partial charge in [0.25, 0.3) is 0 Å². The van der Waals surface area contributed by atoms with Gasteiger partial charge in [0.2, 0.25) is 5.91 Å². The van der Waals surface area contributed by atoms with Crippen molar-refractivity contribution >= 4 is 11.9 Å². The zero-order valence-electron chi connectivity index (χ0n) is 8.68. The molecule has 0 spiro atoms. The van der Waals surface area contributed by atoms with Crippen molar-refractivity contribution in [1.29, 1.82) is 0 Å². The molecule has 1 N–H and O–H groups in total. The molecule has 0 heterocycles. The van der Waals surface area contributed by atoms with E-state index in [1.54, 1.807) is 44.4 Å². The summed E-state index contributed by atoms with van der Waals surface area (Å²) in [6.07, 6.45) is 0. The van der Waals surface area contributed by atoms with E-state index in [0.29, 0.717) is 5.56 Å². The van der Waals surface area contributed by atoms with Crippen LogP contribution in [0.3, 0.4) is 0 Å². The topological polar surface area (TPSA) is 57.6 Å². The first-order valence-corrected chi connectivity index (χ1v) is 4.53. The molecule has 80 valence electrons. The number of rotatable bonds is 3. The summed E-state index contributed by atoms with van der Waals surface area (Å²) in [5.74, 6) is -2.66. The quantitative estimate of drug-likeness (QED) is 0.750. The van der Waals surface area contributed by atoms with E-state index in [2.05, 4.69) is 0 Å². The molecule has 0 saturated heterocycles. The van der Waals surface area contributed by atoms with Crippen molar-refractivity contribution < 1.29 is 14.7 Å².